The molecular weight excluding hydrogens is 805 g/mol. The van der Waals surface area contributed by atoms with Crippen LogP contribution in [0.5, 0.6) is 0 Å². The maximum atomic E-state index is 12.8. The standard InChI is InChI=1S/C59H110O6/c1-4-7-10-13-16-19-22-24-26-27-28-29-30-31-33-35-38-41-44-47-50-53-59(62)65-56(54-63-57(60)51-48-45-42-39-36-21-18-15-12-9-6-3)55-64-58(61)52-49-46-43-40-37-34-32-25-23-20-17-14-11-8-5-2/h24-26,32,56H,4-23,27-31,33-55H2,1-3H3/b26-24-,32-25-/t56-/m0/s1. The van der Waals surface area contributed by atoms with E-state index in [1.165, 1.54) is 212 Å². The summed E-state index contributed by atoms with van der Waals surface area (Å²) in [5.41, 5.74) is 0. The van der Waals surface area contributed by atoms with Gasteiger partial charge in [-0.15, -0.1) is 0 Å². The minimum Gasteiger partial charge on any atom is -0.462 e. The predicted octanol–water partition coefficient (Wildman–Crippen LogP) is 19.1. The van der Waals surface area contributed by atoms with Crippen molar-refractivity contribution in [2.24, 2.45) is 0 Å². The van der Waals surface area contributed by atoms with E-state index in [2.05, 4.69) is 45.1 Å². The molecule has 0 aromatic rings. The fraction of sp³-hybridized carbons (Fsp3) is 0.881. The summed E-state index contributed by atoms with van der Waals surface area (Å²) in [5, 5.41) is 0. The van der Waals surface area contributed by atoms with Crippen molar-refractivity contribution in [2.75, 3.05) is 13.2 Å². The zero-order chi connectivity index (χ0) is 47.2. The number of hydrogen-bond donors (Lipinski definition) is 0. The Bertz CT molecular complexity index is 1050. The molecule has 0 unspecified atom stereocenters. The summed E-state index contributed by atoms with van der Waals surface area (Å²) >= 11 is 0. The van der Waals surface area contributed by atoms with Crippen LogP contribution in [0.3, 0.4) is 0 Å². The van der Waals surface area contributed by atoms with Crippen molar-refractivity contribution >= 4 is 17.9 Å². The van der Waals surface area contributed by atoms with Crippen molar-refractivity contribution in [1.29, 1.82) is 0 Å². The van der Waals surface area contributed by atoms with Gasteiger partial charge in [-0.1, -0.05) is 251 Å². The number of unbranched alkanes of at least 4 members (excludes halogenated alkanes) is 38. The molecule has 0 aliphatic rings. The van der Waals surface area contributed by atoms with Crippen LogP contribution >= 0.6 is 0 Å². The van der Waals surface area contributed by atoms with Crippen molar-refractivity contribution in [3.8, 4) is 0 Å². The molecule has 6 heteroatoms. The highest BCUT2D eigenvalue weighted by molar-refractivity contribution is 5.71. The fourth-order valence-corrected chi connectivity index (χ4v) is 8.55. The molecule has 0 spiro atoms. The van der Waals surface area contributed by atoms with Crippen molar-refractivity contribution in [2.45, 2.75) is 322 Å². The van der Waals surface area contributed by atoms with Gasteiger partial charge in [-0.3, -0.25) is 14.4 Å². The molecule has 0 aromatic heterocycles. The van der Waals surface area contributed by atoms with Gasteiger partial charge >= 0.3 is 17.9 Å². The van der Waals surface area contributed by atoms with Gasteiger partial charge in [0.05, 0.1) is 0 Å². The second kappa shape index (κ2) is 54.5. The molecule has 0 aliphatic carbocycles. The van der Waals surface area contributed by atoms with Crippen LogP contribution < -0.4 is 0 Å². The summed E-state index contributed by atoms with van der Waals surface area (Å²) in [7, 11) is 0. The first kappa shape index (κ1) is 62.9. The Kier molecular flexibility index (Phi) is 52.7. The summed E-state index contributed by atoms with van der Waals surface area (Å²) in [6, 6.07) is 0. The van der Waals surface area contributed by atoms with Crippen molar-refractivity contribution in [3.05, 3.63) is 24.3 Å². The molecule has 0 amide bonds. The van der Waals surface area contributed by atoms with E-state index in [4.69, 9.17) is 14.2 Å². The molecule has 0 N–H and O–H groups in total. The average molecular weight is 916 g/mol. The second-order valence-corrected chi connectivity index (χ2v) is 19.6. The first-order chi connectivity index (χ1) is 32.0. The molecule has 0 rings (SSSR count). The first-order valence-electron chi connectivity index (χ1n) is 28.8. The third-order valence-corrected chi connectivity index (χ3v) is 12.9. The maximum Gasteiger partial charge on any atom is 0.306 e. The van der Waals surface area contributed by atoms with Crippen molar-refractivity contribution < 1.29 is 28.6 Å². The Morgan fingerprint density at radius 1 is 0.292 bits per heavy atom. The third kappa shape index (κ3) is 52.7. The number of carbonyl (C=O) groups excluding carboxylic acids is 3. The van der Waals surface area contributed by atoms with E-state index in [0.29, 0.717) is 19.3 Å². The Balaban J connectivity index is 4.28. The van der Waals surface area contributed by atoms with Gasteiger partial charge in [0.1, 0.15) is 13.2 Å². The van der Waals surface area contributed by atoms with Crippen LogP contribution in [0.1, 0.15) is 316 Å². The average Bonchev–Trinajstić information content (AvgIpc) is 3.30. The van der Waals surface area contributed by atoms with Crippen LogP contribution in [-0.2, 0) is 28.6 Å². The van der Waals surface area contributed by atoms with Crippen LogP contribution in [0.15, 0.2) is 24.3 Å². The topological polar surface area (TPSA) is 78.9 Å². The lowest BCUT2D eigenvalue weighted by molar-refractivity contribution is -0.167. The number of rotatable bonds is 53. The highest BCUT2D eigenvalue weighted by Crippen LogP contribution is 2.16. The molecule has 0 bridgehead atoms. The molecule has 0 aliphatic heterocycles. The minimum absolute atomic E-state index is 0.0698. The summed E-state index contributed by atoms with van der Waals surface area (Å²) in [6.07, 6.45) is 63.1. The zero-order valence-corrected chi connectivity index (χ0v) is 43.8. The predicted molar refractivity (Wildman–Crippen MR) is 279 cm³/mol. The van der Waals surface area contributed by atoms with Gasteiger partial charge in [0, 0.05) is 19.3 Å². The van der Waals surface area contributed by atoms with Gasteiger partial charge < -0.3 is 14.2 Å². The molecule has 0 heterocycles. The normalized spacial score (nSPS) is 12.1. The molecule has 0 fully saturated rings. The van der Waals surface area contributed by atoms with Gasteiger partial charge in [0.2, 0.25) is 0 Å². The molecule has 0 radical (unpaired) electrons. The number of esters is 3. The summed E-state index contributed by atoms with van der Waals surface area (Å²) in [4.78, 5) is 38.1. The largest absolute Gasteiger partial charge is 0.462 e. The maximum absolute atomic E-state index is 12.8. The van der Waals surface area contributed by atoms with Gasteiger partial charge in [0.15, 0.2) is 6.10 Å². The smallest absolute Gasteiger partial charge is 0.306 e. The molecular formula is C59H110O6. The van der Waals surface area contributed by atoms with Gasteiger partial charge in [0.25, 0.3) is 0 Å². The Morgan fingerprint density at radius 3 is 0.769 bits per heavy atom. The van der Waals surface area contributed by atoms with Gasteiger partial charge in [-0.25, -0.2) is 0 Å². The Labute approximate surface area is 404 Å². The molecule has 6 nitrogen and oxygen atoms in total. The monoisotopic (exact) mass is 915 g/mol. The lowest BCUT2D eigenvalue weighted by Crippen LogP contribution is -2.30. The molecule has 1 atom stereocenters. The van der Waals surface area contributed by atoms with E-state index in [1.54, 1.807) is 0 Å². The molecule has 0 aromatic carbocycles. The van der Waals surface area contributed by atoms with Crippen LogP contribution in [-0.4, -0.2) is 37.2 Å². The Morgan fingerprint density at radius 2 is 0.508 bits per heavy atom. The highest BCUT2D eigenvalue weighted by atomic mass is 16.6. The summed E-state index contributed by atoms with van der Waals surface area (Å²) < 4.78 is 16.8. The number of ether oxygens (including phenoxy) is 3. The number of hydrogen-bond acceptors (Lipinski definition) is 6. The van der Waals surface area contributed by atoms with Crippen molar-refractivity contribution in [3.63, 3.8) is 0 Å². The van der Waals surface area contributed by atoms with Crippen LogP contribution in [0.25, 0.3) is 0 Å². The molecule has 382 valence electrons. The zero-order valence-electron chi connectivity index (χ0n) is 43.8. The van der Waals surface area contributed by atoms with Crippen molar-refractivity contribution in [1.82, 2.24) is 0 Å². The molecule has 0 saturated heterocycles. The lowest BCUT2D eigenvalue weighted by Gasteiger charge is -2.18. The fourth-order valence-electron chi connectivity index (χ4n) is 8.55. The summed E-state index contributed by atoms with van der Waals surface area (Å²) in [6.45, 7) is 6.66. The highest BCUT2D eigenvalue weighted by Gasteiger charge is 2.19. The minimum atomic E-state index is -0.770. The van der Waals surface area contributed by atoms with Gasteiger partial charge in [-0.05, 0) is 70.6 Å². The summed E-state index contributed by atoms with van der Waals surface area (Å²) in [5.74, 6) is -0.862. The van der Waals surface area contributed by atoms with Crippen LogP contribution in [0.4, 0.5) is 0 Å². The van der Waals surface area contributed by atoms with E-state index >= 15 is 0 Å². The SMILES string of the molecule is CCCCCCCC/C=C\CCCCCCCCCCCCCC(=O)O[C@H](COC(=O)CCCCCCC/C=C\CCCCCCCC)COC(=O)CCCCCCCCCCCCC. The quantitative estimate of drug-likeness (QED) is 0.0262. The number of allylic oxidation sites excluding steroid dienone is 4. The molecule has 65 heavy (non-hydrogen) atoms. The first-order valence-corrected chi connectivity index (χ1v) is 28.8. The second-order valence-electron chi connectivity index (χ2n) is 19.6. The van der Waals surface area contributed by atoms with E-state index in [1.807, 2.05) is 0 Å². The van der Waals surface area contributed by atoms with Crippen LogP contribution in [0, 0.1) is 0 Å². The molecule has 0 saturated carbocycles. The lowest BCUT2D eigenvalue weighted by atomic mass is 10.0. The van der Waals surface area contributed by atoms with E-state index in [0.717, 1.165) is 64.2 Å². The van der Waals surface area contributed by atoms with E-state index in [9.17, 15) is 14.4 Å². The van der Waals surface area contributed by atoms with E-state index < -0.39 is 6.10 Å². The third-order valence-electron chi connectivity index (χ3n) is 12.9. The van der Waals surface area contributed by atoms with Gasteiger partial charge in [-0.2, -0.15) is 0 Å². The number of carbonyl (C=O) groups is 3. The van der Waals surface area contributed by atoms with Crippen LogP contribution in [0.2, 0.25) is 0 Å². The Hall–Kier alpha value is -2.11. The van der Waals surface area contributed by atoms with E-state index in [-0.39, 0.29) is 31.1 Å².